The summed E-state index contributed by atoms with van der Waals surface area (Å²) in [4.78, 5) is 2.68. The molecule has 1 heterocycles. The average Bonchev–Trinajstić information content (AvgIpc) is 2.58. The summed E-state index contributed by atoms with van der Waals surface area (Å²) < 4.78 is 5.74. The largest absolute Gasteiger partial charge is 0.370 e. The maximum absolute atomic E-state index is 5.74. The monoisotopic (exact) mass is 241 g/mol. The summed E-state index contributed by atoms with van der Waals surface area (Å²) in [5.74, 6) is 0. The van der Waals surface area contributed by atoms with Gasteiger partial charge in [-0.1, -0.05) is 13.8 Å². The molecule has 0 unspecified atom stereocenters. The van der Waals surface area contributed by atoms with Gasteiger partial charge in [-0.15, -0.1) is 11.3 Å². The Hall–Kier alpha value is -0.380. The van der Waals surface area contributed by atoms with Gasteiger partial charge in [-0.05, 0) is 32.9 Å². The van der Waals surface area contributed by atoms with Gasteiger partial charge in [0.2, 0.25) is 0 Å². The van der Waals surface area contributed by atoms with Crippen LogP contribution in [0.5, 0.6) is 0 Å². The van der Waals surface area contributed by atoms with Crippen molar-refractivity contribution in [3.05, 3.63) is 21.9 Å². The van der Waals surface area contributed by atoms with E-state index in [1.807, 2.05) is 11.3 Å². The fourth-order valence-corrected chi connectivity index (χ4v) is 2.07. The molecule has 1 rings (SSSR count). The molecule has 0 saturated heterocycles. The summed E-state index contributed by atoms with van der Waals surface area (Å²) in [5.41, 5.74) is -0.0552. The van der Waals surface area contributed by atoms with E-state index in [0.717, 1.165) is 13.2 Å². The first-order chi connectivity index (χ1) is 7.37. The van der Waals surface area contributed by atoms with E-state index >= 15 is 0 Å². The Balaban J connectivity index is 2.39. The van der Waals surface area contributed by atoms with Crippen LogP contribution in [-0.4, -0.2) is 11.6 Å². The van der Waals surface area contributed by atoms with Crippen molar-refractivity contribution in [2.24, 2.45) is 0 Å². The van der Waals surface area contributed by atoms with Crippen molar-refractivity contribution < 1.29 is 4.74 Å². The van der Waals surface area contributed by atoms with E-state index in [9.17, 15) is 0 Å². The van der Waals surface area contributed by atoms with E-state index in [1.54, 1.807) is 0 Å². The van der Waals surface area contributed by atoms with Crippen molar-refractivity contribution in [3.8, 4) is 0 Å². The maximum atomic E-state index is 5.74. The predicted octanol–water partition coefficient (Wildman–Crippen LogP) is 3.56. The number of thiophene rings is 1. The van der Waals surface area contributed by atoms with Crippen molar-refractivity contribution >= 4 is 11.3 Å². The summed E-state index contributed by atoms with van der Waals surface area (Å²) in [5, 5.41) is 3.42. The van der Waals surface area contributed by atoms with Crippen molar-refractivity contribution in [3.63, 3.8) is 0 Å². The molecule has 0 aliphatic heterocycles. The molecule has 0 aromatic carbocycles. The zero-order valence-corrected chi connectivity index (χ0v) is 11.8. The third-order valence-corrected chi connectivity index (χ3v) is 3.11. The Morgan fingerprint density at radius 2 is 1.88 bits per heavy atom. The molecule has 1 aromatic rings. The van der Waals surface area contributed by atoms with Crippen LogP contribution in [0.3, 0.4) is 0 Å². The van der Waals surface area contributed by atoms with Gasteiger partial charge in [0, 0.05) is 22.3 Å². The Labute approximate surface area is 103 Å². The van der Waals surface area contributed by atoms with Crippen LogP contribution in [0, 0.1) is 0 Å². The van der Waals surface area contributed by atoms with Gasteiger partial charge < -0.3 is 10.1 Å². The predicted molar refractivity (Wildman–Crippen MR) is 70.8 cm³/mol. The van der Waals surface area contributed by atoms with Crippen LogP contribution in [0.15, 0.2) is 12.1 Å². The smallest absolute Gasteiger partial charge is 0.0816 e. The summed E-state index contributed by atoms with van der Waals surface area (Å²) in [6.45, 7) is 12.3. The Morgan fingerprint density at radius 3 is 2.44 bits per heavy atom. The Morgan fingerprint density at radius 1 is 1.25 bits per heavy atom. The molecule has 0 saturated carbocycles. The van der Waals surface area contributed by atoms with E-state index in [4.69, 9.17) is 4.74 Å². The van der Waals surface area contributed by atoms with Crippen LogP contribution in [0.2, 0.25) is 0 Å². The van der Waals surface area contributed by atoms with Gasteiger partial charge >= 0.3 is 0 Å². The van der Waals surface area contributed by atoms with Crippen LogP contribution in [-0.2, 0) is 17.9 Å². The van der Waals surface area contributed by atoms with Gasteiger partial charge in [-0.25, -0.2) is 0 Å². The fourth-order valence-electron chi connectivity index (χ4n) is 1.19. The molecule has 0 spiro atoms. The van der Waals surface area contributed by atoms with Crippen molar-refractivity contribution in [1.82, 2.24) is 5.32 Å². The summed E-state index contributed by atoms with van der Waals surface area (Å²) >= 11 is 1.83. The minimum Gasteiger partial charge on any atom is -0.370 e. The van der Waals surface area contributed by atoms with E-state index in [2.05, 4.69) is 52.1 Å². The molecule has 2 nitrogen and oxygen atoms in total. The normalized spacial score (nSPS) is 12.4. The van der Waals surface area contributed by atoms with Gasteiger partial charge in [0.25, 0.3) is 0 Å². The number of hydrogen-bond acceptors (Lipinski definition) is 3. The van der Waals surface area contributed by atoms with Crippen LogP contribution < -0.4 is 5.32 Å². The summed E-state index contributed by atoms with van der Waals surface area (Å²) in [6.07, 6.45) is 0. The number of hydrogen-bond donors (Lipinski definition) is 1. The molecule has 0 amide bonds. The van der Waals surface area contributed by atoms with Crippen LogP contribution in [0.1, 0.15) is 44.4 Å². The van der Waals surface area contributed by atoms with Crippen LogP contribution >= 0.6 is 11.3 Å². The lowest BCUT2D eigenvalue weighted by molar-refractivity contribution is -0.0136. The number of ether oxygens (including phenoxy) is 1. The second kappa shape index (κ2) is 5.80. The highest BCUT2D eigenvalue weighted by Gasteiger charge is 2.10. The lowest BCUT2D eigenvalue weighted by Gasteiger charge is -2.18. The second-order valence-electron chi connectivity index (χ2n) is 5.30. The maximum Gasteiger partial charge on any atom is 0.0816 e. The van der Waals surface area contributed by atoms with Gasteiger partial charge in [0.15, 0.2) is 0 Å². The van der Waals surface area contributed by atoms with Crippen molar-refractivity contribution in [1.29, 1.82) is 0 Å². The average molecular weight is 241 g/mol. The van der Waals surface area contributed by atoms with E-state index < -0.39 is 0 Å². The first kappa shape index (κ1) is 13.7. The molecular formula is C13H23NOS. The van der Waals surface area contributed by atoms with E-state index in [-0.39, 0.29) is 5.60 Å². The zero-order chi connectivity index (χ0) is 12.2. The van der Waals surface area contributed by atoms with Gasteiger partial charge in [-0.3, -0.25) is 0 Å². The van der Waals surface area contributed by atoms with E-state index in [0.29, 0.717) is 6.04 Å². The molecule has 3 heteroatoms. The third kappa shape index (κ3) is 5.64. The molecule has 0 aliphatic carbocycles. The molecule has 0 bridgehead atoms. The lowest BCUT2D eigenvalue weighted by atomic mass is 10.2. The first-order valence-corrected chi connectivity index (χ1v) is 6.63. The summed E-state index contributed by atoms with van der Waals surface area (Å²) in [7, 11) is 0. The van der Waals surface area contributed by atoms with Gasteiger partial charge in [-0.2, -0.15) is 0 Å². The topological polar surface area (TPSA) is 21.3 Å². The van der Waals surface area contributed by atoms with E-state index in [1.165, 1.54) is 9.75 Å². The zero-order valence-electron chi connectivity index (χ0n) is 11.0. The van der Waals surface area contributed by atoms with Crippen LogP contribution in [0.25, 0.3) is 0 Å². The molecular weight excluding hydrogens is 218 g/mol. The second-order valence-corrected chi connectivity index (χ2v) is 6.56. The minimum atomic E-state index is -0.0552. The highest BCUT2D eigenvalue weighted by molar-refractivity contribution is 7.11. The molecule has 0 aliphatic rings. The van der Waals surface area contributed by atoms with Gasteiger partial charge in [0.05, 0.1) is 12.2 Å². The molecule has 1 N–H and O–H groups in total. The van der Waals surface area contributed by atoms with Crippen molar-refractivity contribution in [2.45, 2.75) is 59.4 Å². The lowest BCUT2D eigenvalue weighted by Crippen LogP contribution is -2.21. The summed E-state index contributed by atoms with van der Waals surface area (Å²) in [6, 6.07) is 4.88. The molecule has 1 aromatic heterocycles. The number of nitrogens with one attached hydrogen (secondary N) is 1. The number of rotatable bonds is 5. The quantitative estimate of drug-likeness (QED) is 0.851. The van der Waals surface area contributed by atoms with Gasteiger partial charge in [0.1, 0.15) is 0 Å². The SMILES string of the molecule is CC(C)NCc1ccc(COC(C)(C)C)s1. The Kier molecular flexibility index (Phi) is 4.96. The molecule has 0 fully saturated rings. The minimum absolute atomic E-state index is 0.0552. The molecule has 16 heavy (non-hydrogen) atoms. The highest BCUT2D eigenvalue weighted by Crippen LogP contribution is 2.20. The van der Waals surface area contributed by atoms with Crippen LogP contribution in [0.4, 0.5) is 0 Å². The molecule has 0 radical (unpaired) electrons. The molecule has 0 atom stereocenters. The molecule has 92 valence electrons. The highest BCUT2D eigenvalue weighted by atomic mass is 32.1. The third-order valence-electron chi connectivity index (χ3n) is 2.05. The fraction of sp³-hybridized carbons (Fsp3) is 0.692. The Bertz CT molecular complexity index is 312. The standard InChI is InChI=1S/C13H23NOS/c1-10(2)14-8-11-6-7-12(16-11)9-15-13(3,4)5/h6-7,10,14H,8-9H2,1-5H3. The first-order valence-electron chi connectivity index (χ1n) is 5.82. The van der Waals surface area contributed by atoms with Crippen molar-refractivity contribution in [2.75, 3.05) is 0 Å².